The van der Waals surface area contributed by atoms with Crippen LogP contribution in [-0.4, -0.2) is 44.6 Å². The number of carboxylic acid groups (broad SMARTS) is 1. The summed E-state index contributed by atoms with van der Waals surface area (Å²) in [7, 11) is 1.57. The van der Waals surface area contributed by atoms with Gasteiger partial charge in [-0.25, -0.2) is 0 Å². The molecule has 1 unspecified atom stereocenters. The number of nitrogens with one attached hydrogen (secondary N) is 1. The summed E-state index contributed by atoms with van der Waals surface area (Å²) in [6.07, 6.45) is 0. The van der Waals surface area contributed by atoms with E-state index in [0.29, 0.717) is 43.4 Å². The summed E-state index contributed by atoms with van der Waals surface area (Å²) in [5, 5.41) is 12.3. The van der Waals surface area contributed by atoms with Gasteiger partial charge in [0.05, 0.1) is 19.8 Å². The average Bonchev–Trinajstić information content (AvgIpc) is 2.46. The molecule has 0 aliphatic rings. The van der Waals surface area contributed by atoms with E-state index in [1.54, 1.807) is 25.3 Å². The molecule has 6 heteroatoms. The molecule has 0 bridgehead atoms. The van der Waals surface area contributed by atoms with Gasteiger partial charge >= 0.3 is 5.97 Å². The maximum Gasteiger partial charge on any atom is 0.325 e. The molecule has 1 aromatic carbocycles. The summed E-state index contributed by atoms with van der Waals surface area (Å²) >= 11 is 0. The van der Waals surface area contributed by atoms with Gasteiger partial charge in [-0.1, -0.05) is 6.07 Å². The summed E-state index contributed by atoms with van der Waals surface area (Å²) in [6.45, 7) is 5.65. The van der Waals surface area contributed by atoms with Crippen molar-refractivity contribution < 1.29 is 24.1 Å². The van der Waals surface area contributed by atoms with Crippen molar-refractivity contribution in [1.29, 1.82) is 0 Å². The van der Waals surface area contributed by atoms with Gasteiger partial charge in [-0.15, -0.1) is 0 Å². The van der Waals surface area contributed by atoms with Crippen LogP contribution in [0.25, 0.3) is 0 Å². The monoisotopic (exact) mass is 297 g/mol. The van der Waals surface area contributed by atoms with Crippen LogP contribution in [0.1, 0.15) is 25.5 Å². The highest BCUT2D eigenvalue weighted by Crippen LogP contribution is 2.30. The second-order valence-corrected chi connectivity index (χ2v) is 4.29. The maximum absolute atomic E-state index is 11.4. The number of carbonyl (C=O) groups is 1. The topological polar surface area (TPSA) is 77.0 Å². The Bertz CT molecular complexity index is 450. The molecule has 0 aliphatic heterocycles. The van der Waals surface area contributed by atoms with Gasteiger partial charge in [-0.05, 0) is 31.5 Å². The van der Waals surface area contributed by atoms with Crippen molar-refractivity contribution in [2.24, 2.45) is 0 Å². The Hall–Kier alpha value is -1.79. The second kappa shape index (κ2) is 9.20. The van der Waals surface area contributed by atoms with Gasteiger partial charge in [0, 0.05) is 13.7 Å². The molecule has 0 radical (unpaired) electrons. The summed E-state index contributed by atoms with van der Waals surface area (Å²) in [4.78, 5) is 11.4. The van der Waals surface area contributed by atoms with Gasteiger partial charge < -0.3 is 19.3 Å². The number of ether oxygens (including phenoxy) is 3. The smallest absolute Gasteiger partial charge is 0.325 e. The van der Waals surface area contributed by atoms with Crippen LogP contribution in [-0.2, 0) is 9.53 Å². The van der Waals surface area contributed by atoms with E-state index in [0.717, 1.165) is 0 Å². The highest BCUT2D eigenvalue weighted by atomic mass is 16.5. The van der Waals surface area contributed by atoms with Crippen molar-refractivity contribution in [1.82, 2.24) is 5.32 Å². The third-order valence-corrected chi connectivity index (χ3v) is 2.80. The minimum absolute atomic E-state index is 0.444. The highest BCUT2D eigenvalue weighted by molar-refractivity contribution is 5.76. The van der Waals surface area contributed by atoms with Crippen molar-refractivity contribution in [3.05, 3.63) is 23.8 Å². The zero-order valence-electron chi connectivity index (χ0n) is 12.7. The number of hydrogen-bond acceptors (Lipinski definition) is 5. The molecule has 0 amide bonds. The largest absolute Gasteiger partial charge is 0.490 e. The molecule has 0 aliphatic carbocycles. The number of aliphatic carboxylic acids is 1. The fourth-order valence-electron chi connectivity index (χ4n) is 1.90. The van der Waals surface area contributed by atoms with E-state index in [2.05, 4.69) is 5.32 Å². The predicted octanol–water partition coefficient (Wildman–Crippen LogP) is 1.85. The lowest BCUT2D eigenvalue weighted by atomic mass is 10.1. The van der Waals surface area contributed by atoms with Crippen LogP contribution in [0.5, 0.6) is 11.5 Å². The molecule has 1 aromatic rings. The van der Waals surface area contributed by atoms with E-state index in [1.807, 2.05) is 13.8 Å². The Balaban J connectivity index is 2.96. The standard InChI is InChI=1S/C15H23NO5/c1-4-20-12-7-6-11(10-13(12)21-5-2)14(15(17)18)16-8-9-19-3/h6-7,10,14,16H,4-5,8-9H2,1-3H3,(H,17,18). The number of benzene rings is 1. The van der Waals surface area contributed by atoms with Crippen molar-refractivity contribution in [2.45, 2.75) is 19.9 Å². The lowest BCUT2D eigenvalue weighted by Crippen LogP contribution is -2.31. The van der Waals surface area contributed by atoms with Gasteiger partial charge in [0.15, 0.2) is 11.5 Å². The molecule has 6 nitrogen and oxygen atoms in total. The Morgan fingerprint density at radius 2 is 1.90 bits per heavy atom. The van der Waals surface area contributed by atoms with E-state index < -0.39 is 12.0 Å². The van der Waals surface area contributed by atoms with Gasteiger partial charge in [-0.2, -0.15) is 0 Å². The van der Waals surface area contributed by atoms with Gasteiger partial charge in [0.2, 0.25) is 0 Å². The van der Waals surface area contributed by atoms with E-state index in [4.69, 9.17) is 14.2 Å². The normalized spacial score (nSPS) is 12.0. The van der Waals surface area contributed by atoms with Crippen LogP contribution in [0, 0.1) is 0 Å². The number of methoxy groups -OCH3 is 1. The molecule has 2 N–H and O–H groups in total. The van der Waals surface area contributed by atoms with E-state index >= 15 is 0 Å². The van der Waals surface area contributed by atoms with Gasteiger partial charge in [0.25, 0.3) is 0 Å². The lowest BCUT2D eigenvalue weighted by Gasteiger charge is -2.17. The molecule has 21 heavy (non-hydrogen) atoms. The molecule has 1 rings (SSSR count). The van der Waals surface area contributed by atoms with E-state index in [1.165, 1.54) is 0 Å². The fraction of sp³-hybridized carbons (Fsp3) is 0.533. The van der Waals surface area contributed by atoms with Crippen LogP contribution in [0.4, 0.5) is 0 Å². The van der Waals surface area contributed by atoms with E-state index in [9.17, 15) is 9.90 Å². The molecule has 0 saturated heterocycles. The van der Waals surface area contributed by atoms with Crippen LogP contribution in [0.3, 0.4) is 0 Å². The third-order valence-electron chi connectivity index (χ3n) is 2.80. The first-order valence-corrected chi connectivity index (χ1v) is 6.98. The Labute approximate surface area is 125 Å². The van der Waals surface area contributed by atoms with Crippen molar-refractivity contribution >= 4 is 5.97 Å². The Morgan fingerprint density at radius 3 is 2.48 bits per heavy atom. The minimum Gasteiger partial charge on any atom is -0.490 e. The lowest BCUT2D eigenvalue weighted by molar-refractivity contribution is -0.139. The molecule has 118 valence electrons. The first-order chi connectivity index (χ1) is 10.1. The van der Waals surface area contributed by atoms with E-state index in [-0.39, 0.29) is 0 Å². The first kappa shape index (κ1) is 17.3. The molecule has 0 heterocycles. The Morgan fingerprint density at radius 1 is 1.24 bits per heavy atom. The molecule has 0 fully saturated rings. The zero-order chi connectivity index (χ0) is 15.7. The Kier molecular flexibility index (Phi) is 7.56. The molecule has 0 spiro atoms. The SMILES string of the molecule is CCOc1ccc(C(NCCOC)C(=O)O)cc1OCC. The number of hydrogen-bond donors (Lipinski definition) is 2. The first-order valence-electron chi connectivity index (χ1n) is 6.98. The molecule has 0 saturated carbocycles. The van der Waals surface area contributed by atoms with Crippen LogP contribution >= 0.6 is 0 Å². The second-order valence-electron chi connectivity index (χ2n) is 4.29. The predicted molar refractivity (Wildman–Crippen MR) is 79.0 cm³/mol. The zero-order valence-corrected chi connectivity index (χ0v) is 12.7. The summed E-state index contributed by atoms with van der Waals surface area (Å²) in [5.74, 6) is 0.221. The maximum atomic E-state index is 11.4. The number of carboxylic acids is 1. The molecular formula is C15H23NO5. The molecule has 1 atom stereocenters. The van der Waals surface area contributed by atoms with Crippen molar-refractivity contribution in [3.8, 4) is 11.5 Å². The summed E-state index contributed by atoms with van der Waals surface area (Å²) in [6, 6.07) is 4.35. The quantitative estimate of drug-likeness (QED) is 0.642. The third kappa shape index (κ3) is 5.24. The summed E-state index contributed by atoms with van der Waals surface area (Å²) < 4.78 is 15.9. The van der Waals surface area contributed by atoms with Crippen LogP contribution in [0.2, 0.25) is 0 Å². The van der Waals surface area contributed by atoms with Crippen LogP contribution in [0.15, 0.2) is 18.2 Å². The minimum atomic E-state index is -0.947. The highest BCUT2D eigenvalue weighted by Gasteiger charge is 2.20. The van der Waals surface area contributed by atoms with Crippen LogP contribution < -0.4 is 14.8 Å². The average molecular weight is 297 g/mol. The van der Waals surface area contributed by atoms with Gasteiger partial charge in [-0.3, -0.25) is 10.1 Å². The van der Waals surface area contributed by atoms with Crippen molar-refractivity contribution in [2.75, 3.05) is 33.5 Å². The van der Waals surface area contributed by atoms with Crippen molar-refractivity contribution in [3.63, 3.8) is 0 Å². The van der Waals surface area contributed by atoms with Gasteiger partial charge in [0.1, 0.15) is 6.04 Å². The molecular weight excluding hydrogens is 274 g/mol. The number of rotatable bonds is 10. The molecule has 0 aromatic heterocycles. The summed E-state index contributed by atoms with van der Waals surface area (Å²) in [5.41, 5.74) is 0.616. The fourth-order valence-corrected chi connectivity index (χ4v) is 1.90.